The maximum Gasteiger partial charge on any atom is 0.313 e. The predicted octanol–water partition coefficient (Wildman–Crippen LogP) is 1.90. The Labute approximate surface area is 240 Å². The Balaban J connectivity index is 1.54. The number of fused-ring (bicyclic) bond motifs is 2. The van der Waals surface area contributed by atoms with Gasteiger partial charge in [0.25, 0.3) is 0 Å². The van der Waals surface area contributed by atoms with E-state index in [9.17, 15) is 24.3 Å². The monoisotopic (exact) mass is 565 g/mol. The summed E-state index contributed by atoms with van der Waals surface area (Å²) in [5.41, 5.74) is -0.569. The second-order valence-electron chi connectivity index (χ2n) is 11.4. The van der Waals surface area contributed by atoms with Gasteiger partial charge in [0.2, 0.25) is 17.7 Å². The summed E-state index contributed by atoms with van der Waals surface area (Å²) in [6.07, 6.45) is 7.56. The average Bonchev–Trinajstić information content (AvgIpc) is 3.60. The van der Waals surface area contributed by atoms with Gasteiger partial charge in [0.1, 0.15) is 23.7 Å². The quantitative estimate of drug-likeness (QED) is 0.307. The second-order valence-corrected chi connectivity index (χ2v) is 11.4. The smallest absolute Gasteiger partial charge is 0.313 e. The van der Waals surface area contributed by atoms with Gasteiger partial charge in [0.15, 0.2) is 0 Å². The summed E-state index contributed by atoms with van der Waals surface area (Å²) < 4.78 is 12.5. The summed E-state index contributed by atoms with van der Waals surface area (Å²) in [6, 6.07) is 8.05. The van der Waals surface area contributed by atoms with Crippen molar-refractivity contribution in [3.05, 3.63) is 60.2 Å². The minimum atomic E-state index is -1.29. The molecule has 0 saturated carbocycles. The SMILES string of the molecule is CC(C)N1C/C=C\CCC(=O)NC[C@@H](c2ccccc2)OC(=O)[C@@H]2[C@@H]3C=C[C@]4(O3)[C@H](C1=O)N(CCCCO)C(=O)[C@@H]24. The number of amides is 3. The number of aliphatic hydroxyl groups is 1. The van der Waals surface area contributed by atoms with Crippen LogP contribution in [-0.2, 0) is 28.7 Å². The van der Waals surface area contributed by atoms with Gasteiger partial charge in [-0.1, -0.05) is 54.6 Å². The maximum absolute atomic E-state index is 14.3. The van der Waals surface area contributed by atoms with E-state index in [0.717, 1.165) is 5.56 Å². The van der Waals surface area contributed by atoms with Gasteiger partial charge < -0.3 is 29.7 Å². The molecule has 10 heteroatoms. The Kier molecular flexibility index (Phi) is 8.60. The van der Waals surface area contributed by atoms with E-state index in [1.165, 1.54) is 0 Å². The fourth-order valence-corrected chi connectivity index (χ4v) is 6.49. The van der Waals surface area contributed by atoms with E-state index >= 15 is 0 Å². The van der Waals surface area contributed by atoms with Gasteiger partial charge >= 0.3 is 5.97 Å². The minimum Gasteiger partial charge on any atom is -0.455 e. The Morgan fingerprint density at radius 3 is 2.59 bits per heavy atom. The van der Waals surface area contributed by atoms with Crippen LogP contribution in [0.1, 0.15) is 51.2 Å². The van der Waals surface area contributed by atoms with Crippen LogP contribution in [0, 0.1) is 11.8 Å². The molecule has 0 aromatic heterocycles. The van der Waals surface area contributed by atoms with Crippen LogP contribution < -0.4 is 5.32 Å². The molecule has 3 amide bonds. The third-order valence-electron chi connectivity index (χ3n) is 8.51. The Bertz CT molecular complexity index is 1220. The van der Waals surface area contributed by atoms with Gasteiger partial charge in [-0.05, 0) is 38.7 Å². The number of rotatable bonds is 6. The largest absolute Gasteiger partial charge is 0.455 e. The normalized spacial score (nSPS) is 32.8. The van der Waals surface area contributed by atoms with Crippen molar-refractivity contribution in [1.82, 2.24) is 15.1 Å². The molecule has 41 heavy (non-hydrogen) atoms. The molecule has 1 aromatic rings. The number of esters is 1. The Morgan fingerprint density at radius 1 is 1.07 bits per heavy atom. The zero-order valence-corrected chi connectivity index (χ0v) is 23.6. The molecule has 2 saturated heterocycles. The van der Waals surface area contributed by atoms with Crippen LogP contribution >= 0.6 is 0 Å². The number of likely N-dealkylation sites (tertiary alicyclic amines) is 1. The molecule has 1 spiro atoms. The number of cyclic esters (lactones) is 1. The first-order valence-electron chi connectivity index (χ1n) is 14.5. The lowest BCUT2D eigenvalue weighted by molar-refractivity contribution is -0.159. The zero-order valence-electron chi connectivity index (χ0n) is 23.6. The first kappa shape index (κ1) is 29.0. The van der Waals surface area contributed by atoms with Crippen LogP contribution in [0.15, 0.2) is 54.6 Å². The molecule has 4 aliphatic heterocycles. The average molecular weight is 566 g/mol. The van der Waals surface area contributed by atoms with Gasteiger partial charge in [-0.3, -0.25) is 19.2 Å². The molecule has 220 valence electrons. The highest BCUT2D eigenvalue weighted by molar-refractivity contribution is 5.99. The van der Waals surface area contributed by atoms with Crippen molar-refractivity contribution in [2.24, 2.45) is 11.8 Å². The maximum atomic E-state index is 14.3. The summed E-state index contributed by atoms with van der Waals surface area (Å²) in [6.45, 7) is 4.46. The Hall–Kier alpha value is -3.50. The number of hydrogen-bond donors (Lipinski definition) is 2. The molecule has 6 atom stereocenters. The van der Waals surface area contributed by atoms with E-state index in [1.807, 2.05) is 56.3 Å². The fourth-order valence-electron chi connectivity index (χ4n) is 6.49. The van der Waals surface area contributed by atoms with Crippen LogP contribution in [0.4, 0.5) is 0 Å². The van der Waals surface area contributed by atoms with Crippen LogP contribution in [0.2, 0.25) is 0 Å². The highest BCUT2D eigenvalue weighted by Crippen LogP contribution is 2.56. The number of aliphatic hydroxyl groups excluding tert-OH is 1. The first-order valence-corrected chi connectivity index (χ1v) is 14.5. The van der Waals surface area contributed by atoms with Gasteiger partial charge in [-0.2, -0.15) is 0 Å². The van der Waals surface area contributed by atoms with Gasteiger partial charge in [0.05, 0.1) is 18.6 Å². The number of ether oxygens (including phenoxy) is 2. The molecule has 4 aliphatic rings. The molecule has 0 unspecified atom stereocenters. The van der Waals surface area contributed by atoms with Crippen molar-refractivity contribution in [2.45, 2.75) is 69.4 Å². The van der Waals surface area contributed by atoms with Crippen LogP contribution in [-0.4, -0.2) is 88.6 Å². The first-order chi connectivity index (χ1) is 19.8. The lowest BCUT2D eigenvalue weighted by Crippen LogP contribution is -2.57. The molecule has 0 aliphatic carbocycles. The van der Waals surface area contributed by atoms with Gasteiger partial charge in [0, 0.05) is 32.2 Å². The summed E-state index contributed by atoms with van der Waals surface area (Å²) in [5, 5.41) is 12.3. The van der Waals surface area contributed by atoms with E-state index in [0.29, 0.717) is 25.8 Å². The topological polar surface area (TPSA) is 125 Å². The van der Waals surface area contributed by atoms with E-state index in [2.05, 4.69) is 5.32 Å². The number of benzene rings is 1. The number of nitrogens with one attached hydrogen (secondary N) is 1. The molecule has 4 heterocycles. The zero-order chi connectivity index (χ0) is 29.1. The van der Waals surface area contributed by atoms with Crippen molar-refractivity contribution >= 4 is 23.7 Å². The predicted molar refractivity (Wildman–Crippen MR) is 149 cm³/mol. The van der Waals surface area contributed by atoms with Crippen LogP contribution in [0.5, 0.6) is 0 Å². The summed E-state index contributed by atoms with van der Waals surface area (Å²) in [5.74, 6) is -3.20. The molecule has 5 bridgehead atoms. The molecule has 1 aromatic carbocycles. The molecular formula is C31H39N3O7. The van der Waals surface area contributed by atoms with E-state index in [-0.39, 0.29) is 49.9 Å². The van der Waals surface area contributed by atoms with E-state index in [1.54, 1.807) is 22.0 Å². The summed E-state index contributed by atoms with van der Waals surface area (Å²) in [7, 11) is 0. The molecule has 0 radical (unpaired) electrons. The summed E-state index contributed by atoms with van der Waals surface area (Å²) >= 11 is 0. The molecule has 5 rings (SSSR count). The van der Waals surface area contributed by atoms with Crippen molar-refractivity contribution in [1.29, 1.82) is 0 Å². The highest BCUT2D eigenvalue weighted by atomic mass is 16.6. The lowest BCUT2D eigenvalue weighted by atomic mass is 9.74. The van der Waals surface area contributed by atoms with Gasteiger partial charge in [-0.25, -0.2) is 0 Å². The standard InChI is InChI=1S/C31H39N3O7/c1-20(2)33-16-8-4-7-13-24(36)32-19-23(21-11-5-3-6-12-21)40-30(39)25-22-14-15-31(41-22)26(25)28(37)34(17-9-10-18-35)27(31)29(33)38/h3-6,8,11-12,14-15,20,22-23,25-27,35H,7,9-10,13,16-19H2,1-2H3,(H,32,36)/b8-4-/t22-,23-,25+,26+,27-,31+/m0/s1. The van der Waals surface area contributed by atoms with Crippen molar-refractivity contribution in [3.8, 4) is 0 Å². The highest BCUT2D eigenvalue weighted by Gasteiger charge is 2.73. The number of hydrogen-bond acceptors (Lipinski definition) is 7. The van der Waals surface area contributed by atoms with Crippen LogP contribution in [0.25, 0.3) is 0 Å². The third-order valence-corrected chi connectivity index (χ3v) is 8.51. The minimum absolute atomic E-state index is 0.0248. The van der Waals surface area contributed by atoms with Crippen molar-refractivity contribution in [2.75, 3.05) is 26.2 Å². The molecule has 2 fully saturated rings. The van der Waals surface area contributed by atoms with Crippen molar-refractivity contribution in [3.63, 3.8) is 0 Å². The fraction of sp³-hybridized carbons (Fsp3) is 0.548. The number of carbonyl (C=O) groups is 4. The lowest BCUT2D eigenvalue weighted by Gasteiger charge is -2.37. The summed E-state index contributed by atoms with van der Waals surface area (Å²) in [4.78, 5) is 58.1. The van der Waals surface area contributed by atoms with Gasteiger partial charge in [-0.15, -0.1) is 0 Å². The van der Waals surface area contributed by atoms with Crippen LogP contribution in [0.3, 0.4) is 0 Å². The Morgan fingerprint density at radius 2 is 1.85 bits per heavy atom. The second kappa shape index (κ2) is 12.2. The number of nitrogens with zero attached hydrogens (tertiary/aromatic N) is 2. The van der Waals surface area contributed by atoms with E-state index in [4.69, 9.17) is 9.47 Å². The van der Waals surface area contributed by atoms with Crippen molar-refractivity contribution < 1.29 is 33.8 Å². The number of carbonyl (C=O) groups excluding carboxylic acids is 4. The number of unbranched alkanes of at least 4 members (excludes halogenated alkanes) is 1. The third kappa shape index (κ3) is 5.42. The van der Waals surface area contributed by atoms with E-state index < -0.39 is 41.7 Å². The number of allylic oxidation sites excluding steroid dienone is 1. The molecule has 2 N–H and O–H groups in total. The molecule has 10 nitrogen and oxygen atoms in total. The molecular weight excluding hydrogens is 526 g/mol.